The second kappa shape index (κ2) is 24.8. The quantitative estimate of drug-likeness (QED) is 0.173. The first-order valence-electron chi connectivity index (χ1n) is 35.1. The van der Waals surface area contributed by atoms with E-state index in [1.54, 1.807) is 12.4 Å². The summed E-state index contributed by atoms with van der Waals surface area (Å²) in [6, 6.07) is 135. The summed E-state index contributed by atoms with van der Waals surface area (Å²) < 4.78 is 11.7. The molecule has 0 atom stereocenters. The molecule has 102 heavy (non-hydrogen) atoms. The van der Waals surface area contributed by atoms with E-state index >= 15 is 0 Å². The molecule has 4 heterocycles. The van der Waals surface area contributed by atoms with Gasteiger partial charge in [0.15, 0.2) is 0 Å². The molecule has 0 N–H and O–H groups in total. The van der Waals surface area contributed by atoms with Crippen LogP contribution in [0.3, 0.4) is 0 Å². The van der Waals surface area contributed by atoms with Gasteiger partial charge in [0.1, 0.15) is 11.5 Å². The predicted molar refractivity (Wildman–Crippen MR) is 414 cm³/mol. The van der Waals surface area contributed by atoms with Crippen LogP contribution in [0.5, 0.6) is 11.5 Å². The Kier molecular flexibility index (Phi) is 14.6. The van der Waals surface area contributed by atoms with Gasteiger partial charge in [-0.05, 0) is 165 Å². The molecule has 2 spiro atoms. The lowest BCUT2D eigenvalue weighted by Gasteiger charge is -2.39. The van der Waals surface area contributed by atoms with Crippen molar-refractivity contribution in [3.8, 4) is 67.1 Å². The number of rotatable bonds is 2. The van der Waals surface area contributed by atoms with Crippen LogP contribution >= 0.6 is 0 Å². The molecule has 14 aromatic carbocycles. The topological polar surface area (TPSA) is 48.2 Å². The Morgan fingerprint density at radius 1 is 0.206 bits per heavy atom. The van der Waals surface area contributed by atoms with Crippen molar-refractivity contribution in [2.45, 2.75) is 22.7 Å². The Bertz CT molecular complexity index is 5480. The fraction of sp³-hybridized carbons (Fsp3) is 0.0408. The zero-order chi connectivity index (χ0) is 67.6. The van der Waals surface area contributed by atoms with Crippen molar-refractivity contribution in [1.29, 1.82) is 0 Å². The number of nitrogens with zero attached hydrogens (tertiary/aromatic N) is 2. The first-order chi connectivity index (χ1) is 50.6. The lowest BCUT2D eigenvalue weighted by atomic mass is 9.66. The number of hydrogen-bond acceptors (Lipinski definition) is 4. The molecule has 0 radical (unpaired) electrons. The average molecular weight is 1300 g/mol. The van der Waals surface area contributed by atoms with Crippen LogP contribution in [0.4, 0.5) is 0 Å². The maximum atomic E-state index is 6.29. The van der Waals surface area contributed by atoms with Crippen molar-refractivity contribution in [3.05, 3.63) is 466 Å². The monoisotopic (exact) mass is 1300 g/mol. The molecule has 3 aromatic heterocycles. The summed E-state index contributed by atoms with van der Waals surface area (Å²) in [5, 5.41) is 2.04. The molecule has 17 aromatic rings. The Hall–Kier alpha value is -13.0. The van der Waals surface area contributed by atoms with Crippen molar-refractivity contribution in [1.82, 2.24) is 9.97 Å². The molecule has 0 unspecified atom stereocenters. The van der Waals surface area contributed by atoms with E-state index in [-0.39, 0.29) is 16.2 Å². The second-order valence-electron chi connectivity index (χ2n) is 26.7. The van der Waals surface area contributed by atoms with Crippen LogP contribution in [0.15, 0.2) is 393 Å². The van der Waals surface area contributed by atoms with Crippen molar-refractivity contribution >= 4 is 22.2 Å². The fourth-order valence-corrected chi connectivity index (χ4v) is 17.8. The Labute approximate surface area is 593 Å². The largest absolute Gasteiger partial charge is 0.457 e. The summed E-state index contributed by atoms with van der Waals surface area (Å²) >= 11 is 0. The zero-order valence-electron chi connectivity index (χ0n) is 55.9. The Morgan fingerprint density at radius 3 is 0.775 bits per heavy atom. The van der Waals surface area contributed by atoms with Gasteiger partial charge >= 0.3 is 0 Å². The molecule has 480 valence electrons. The lowest BCUT2D eigenvalue weighted by Crippen LogP contribution is -2.32. The number of benzene rings is 14. The summed E-state index contributed by atoms with van der Waals surface area (Å²) in [4.78, 5) is 8.22. The van der Waals surface area contributed by atoms with Gasteiger partial charge in [0.2, 0.25) is 11.4 Å². The first kappa shape index (κ1) is 60.2. The summed E-state index contributed by atoms with van der Waals surface area (Å²) in [7, 11) is 0. The van der Waals surface area contributed by atoms with Gasteiger partial charge in [-0.1, -0.05) is 340 Å². The van der Waals surface area contributed by atoms with Crippen molar-refractivity contribution < 1.29 is 9.15 Å². The highest BCUT2D eigenvalue weighted by Gasteiger charge is 2.53. The SMILES string of the molecule is c1ccc(C2(c3ccccc3)c3ccccc3-c3ccccc32)cc1.c1ccc2c(c1)-c1ccccc1C21c2ccccc2-c2ccccc21.c1ccc2c(c1)Cc1ccccc1-2.c1ccc2c(c1)Oc1ccccc1C21c2ccccc2-c2ccccc21.c1cnc2oc3ncccc3c2c1. The van der Waals surface area contributed by atoms with E-state index in [0.29, 0.717) is 11.4 Å². The van der Waals surface area contributed by atoms with Crippen LogP contribution < -0.4 is 4.74 Å². The van der Waals surface area contributed by atoms with Gasteiger partial charge in [-0.25, -0.2) is 9.97 Å². The summed E-state index contributed by atoms with van der Waals surface area (Å²) in [5.74, 6) is 1.88. The smallest absolute Gasteiger partial charge is 0.229 e. The molecule has 4 heteroatoms. The van der Waals surface area contributed by atoms with Crippen molar-refractivity contribution in [3.63, 3.8) is 0 Å². The number of hydrogen-bond donors (Lipinski definition) is 0. The van der Waals surface area contributed by atoms with E-state index in [0.717, 1.165) is 28.7 Å². The van der Waals surface area contributed by atoms with Crippen LogP contribution in [-0.4, -0.2) is 9.97 Å². The molecule has 0 amide bonds. The van der Waals surface area contributed by atoms with Crippen LogP contribution in [0.1, 0.15) is 77.9 Å². The predicted octanol–water partition coefficient (Wildman–Crippen LogP) is 23.9. The van der Waals surface area contributed by atoms with Crippen LogP contribution in [0, 0.1) is 0 Å². The molecule has 6 aliphatic rings. The summed E-state index contributed by atoms with van der Waals surface area (Å²) in [6.45, 7) is 0. The third-order valence-corrected chi connectivity index (χ3v) is 21.8. The number of para-hydroxylation sites is 2. The zero-order valence-corrected chi connectivity index (χ0v) is 55.9. The maximum Gasteiger partial charge on any atom is 0.229 e. The highest BCUT2D eigenvalue weighted by Crippen LogP contribution is 2.64. The molecule has 0 saturated carbocycles. The van der Waals surface area contributed by atoms with Crippen LogP contribution in [0.2, 0.25) is 0 Å². The van der Waals surface area contributed by atoms with E-state index in [4.69, 9.17) is 9.15 Å². The summed E-state index contributed by atoms with van der Waals surface area (Å²) in [6.07, 6.45) is 4.53. The minimum Gasteiger partial charge on any atom is -0.457 e. The molecule has 4 nitrogen and oxygen atoms in total. The molecule has 0 fully saturated rings. The first-order valence-corrected chi connectivity index (χ1v) is 35.1. The number of furan rings is 1. The highest BCUT2D eigenvalue weighted by molar-refractivity contribution is 6.02. The minimum absolute atomic E-state index is 0.180. The Balaban J connectivity index is 0.0000000907. The molecule has 0 saturated heterocycles. The number of pyridine rings is 2. The van der Waals surface area contributed by atoms with Gasteiger partial charge in [-0.3, -0.25) is 0 Å². The number of aromatic nitrogens is 2. The standard InChI is InChI=1S/C25H16O.C25H16.C25H18.C13H10.C10H6N2O/c1-3-11-19-17(9-1)18-10-2-4-12-20(18)25(19)21-13-5-7-15-23(21)26-24-16-8-6-14-22(24)25;1-5-13-21-17(9-1)18-10-2-6-14-22(18)25(21)23-15-7-3-11-19(23)20-12-4-8-16-24(20)25;1-3-11-19(12-4-1)25(20-13-5-2-6-14-20)23-17-9-7-15-21(23)22-16-8-10-18-24(22)25;1-3-7-12-10(5-1)9-11-6-2-4-8-13(11)12;1-3-7-8-4-2-6-12-10(8)13-9(7)11-5-1/h1-16H;1-16H;1-18H;1-8H,9H2;1-6H. The van der Waals surface area contributed by atoms with E-state index in [1.165, 1.54) is 134 Å². The minimum atomic E-state index is -0.321. The van der Waals surface area contributed by atoms with E-state index in [1.807, 2.05) is 36.4 Å². The van der Waals surface area contributed by atoms with Gasteiger partial charge in [-0.2, -0.15) is 0 Å². The van der Waals surface area contributed by atoms with Crippen LogP contribution in [-0.2, 0) is 22.7 Å². The third kappa shape index (κ3) is 9.16. The second-order valence-corrected chi connectivity index (χ2v) is 26.7. The molecule has 1 aliphatic heterocycles. The van der Waals surface area contributed by atoms with Crippen LogP contribution in [0.25, 0.3) is 77.8 Å². The van der Waals surface area contributed by atoms with Crippen molar-refractivity contribution in [2.75, 3.05) is 0 Å². The molecule has 0 bridgehead atoms. The molecular formula is C98H66N2O2. The van der Waals surface area contributed by atoms with Crippen molar-refractivity contribution in [2.24, 2.45) is 0 Å². The third-order valence-electron chi connectivity index (χ3n) is 21.8. The number of ether oxygens (including phenoxy) is 1. The van der Waals surface area contributed by atoms with E-state index in [9.17, 15) is 0 Å². The molecule has 5 aliphatic carbocycles. The molecular weight excluding hydrogens is 1240 g/mol. The molecule has 23 rings (SSSR count). The Morgan fingerprint density at radius 2 is 0.451 bits per heavy atom. The van der Waals surface area contributed by atoms with E-state index in [2.05, 4.69) is 350 Å². The van der Waals surface area contributed by atoms with Gasteiger partial charge < -0.3 is 9.15 Å². The van der Waals surface area contributed by atoms with Gasteiger partial charge in [-0.15, -0.1) is 0 Å². The van der Waals surface area contributed by atoms with E-state index < -0.39 is 0 Å². The lowest BCUT2D eigenvalue weighted by molar-refractivity contribution is 0.436. The van der Waals surface area contributed by atoms with Gasteiger partial charge in [0, 0.05) is 34.3 Å². The average Bonchev–Trinajstić information content (AvgIpc) is 1.51. The highest BCUT2D eigenvalue weighted by atomic mass is 16.5. The normalized spacial score (nSPS) is 13.8. The van der Waals surface area contributed by atoms with Gasteiger partial charge in [0.05, 0.1) is 16.2 Å². The van der Waals surface area contributed by atoms with Gasteiger partial charge in [0.25, 0.3) is 0 Å². The maximum absolute atomic E-state index is 6.29. The fourth-order valence-electron chi connectivity index (χ4n) is 17.8. The summed E-state index contributed by atoms with van der Waals surface area (Å²) in [5.41, 5.74) is 33.2. The number of fused-ring (bicyclic) bond motifs is 28.